The molecule has 228 valence electrons. The summed E-state index contributed by atoms with van der Waals surface area (Å²) in [5, 5.41) is 0. The van der Waals surface area contributed by atoms with Crippen LogP contribution in [-0.2, 0) is 34.7 Å². The van der Waals surface area contributed by atoms with Crippen molar-refractivity contribution in [2.75, 3.05) is 0 Å². The summed E-state index contributed by atoms with van der Waals surface area (Å²) in [6.45, 7) is 8.75. The van der Waals surface area contributed by atoms with E-state index in [1.807, 2.05) is 0 Å². The molecular weight excluding hydrogens is 553 g/mol. The molecule has 0 saturated carbocycles. The zero-order chi connectivity index (χ0) is 27.3. The van der Waals surface area contributed by atoms with E-state index in [9.17, 15) is 18.9 Å². The molecule has 0 aliphatic rings. The quantitative estimate of drug-likeness (QED) is 0.0549. The minimum Gasteiger partial charge on any atom is -0.781 e. The van der Waals surface area contributed by atoms with Gasteiger partial charge in [-0.15, -0.1) is 0 Å². The van der Waals surface area contributed by atoms with Gasteiger partial charge in [0.2, 0.25) is 0 Å². The molecule has 0 amide bonds. The van der Waals surface area contributed by atoms with Crippen molar-refractivity contribution in [1.29, 1.82) is 0 Å². The standard InChI is InChI=1S/2C14H31O3P.Ni/c2*1-3-5-7-9-11-13-14(17-18(15)16)12-10-8-6-4-2;/h2*14,18H,3-13H2,1-2H3,(H,15,16);/q;;+2/p-2. The molecule has 37 heavy (non-hydrogen) atoms. The van der Waals surface area contributed by atoms with Crippen molar-refractivity contribution in [3.05, 3.63) is 0 Å². The van der Waals surface area contributed by atoms with Crippen molar-refractivity contribution in [2.45, 2.75) is 181 Å². The number of hydrogen-bond acceptors (Lipinski definition) is 6. The average Bonchev–Trinajstić information content (AvgIpc) is 2.83. The van der Waals surface area contributed by atoms with E-state index in [0.717, 1.165) is 51.4 Å². The van der Waals surface area contributed by atoms with Crippen LogP contribution in [0.15, 0.2) is 0 Å². The molecule has 0 heterocycles. The first-order valence-electron chi connectivity index (χ1n) is 15.2. The fourth-order valence-electron chi connectivity index (χ4n) is 4.35. The summed E-state index contributed by atoms with van der Waals surface area (Å²) in [7, 11) is -6.04. The van der Waals surface area contributed by atoms with Crippen LogP contribution in [-0.4, -0.2) is 12.2 Å². The van der Waals surface area contributed by atoms with E-state index in [2.05, 4.69) is 27.7 Å². The molecular formula is C28H60NiO6P2. The zero-order valence-electron chi connectivity index (χ0n) is 24.5. The average molecular weight is 613 g/mol. The molecule has 0 spiro atoms. The molecule has 4 atom stereocenters. The summed E-state index contributed by atoms with van der Waals surface area (Å²) < 4.78 is 31.4. The molecule has 0 N–H and O–H groups in total. The molecule has 9 heteroatoms. The predicted molar refractivity (Wildman–Crippen MR) is 152 cm³/mol. The number of rotatable bonds is 26. The topological polar surface area (TPSA) is 98.7 Å². The van der Waals surface area contributed by atoms with Crippen LogP contribution in [0.3, 0.4) is 0 Å². The van der Waals surface area contributed by atoms with E-state index in [0.29, 0.717) is 0 Å². The minimum absolute atomic E-state index is 0. The van der Waals surface area contributed by atoms with Crippen LogP contribution in [0.2, 0.25) is 0 Å². The monoisotopic (exact) mass is 612 g/mol. The van der Waals surface area contributed by atoms with E-state index in [1.165, 1.54) is 89.9 Å². The van der Waals surface area contributed by atoms with Crippen LogP contribution in [0.1, 0.15) is 169 Å². The minimum atomic E-state index is -3.02. The van der Waals surface area contributed by atoms with Crippen molar-refractivity contribution in [3.8, 4) is 0 Å². The molecule has 0 bridgehead atoms. The van der Waals surface area contributed by atoms with Gasteiger partial charge in [0, 0.05) is 0 Å². The van der Waals surface area contributed by atoms with Gasteiger partial charge in [-0.1, -0.05) is 143 Å². The molecule has 0 saturated heterocycles. The molecule has 0 radical (unpaired) electrons. The van der Waals surface area contributed by atoms with Gasteiger partial charge in [0.15, 0.2) is 0 Å². The third-order valence-corrected chi connectivity index (χ3v) is 7.60. The van der Waals surface area contributed by atoms with Crippen molar-refractivity contribution in [1.82, 2.24) is 0 Å². The Hall–Kier alpha value is 0.794. The van der Waals surface area contributed by atoms with Crippen molar-refractivity contribution < 1.29 is 44.5 Å². The van der Waals surface area contributed by atoms with E-state index in [1.54, 1.807) is 0 Å². The first-order valence-corrected chi connectivity index (χ1v) is 17.6. The largest absolute Gasteiger partial charge is 2.00 e. The smallest absolute Gasteiger partial charge is 0.781 e. The van der Waals surface area contributed by atoms with Gasteiger partial charge in [-0.05, 0) is 25.7 Å². The Bertz CT molecular complexity index is 444. The van der Waals surface area contributed by atoms with Gasteiger partial charge in [0.1, 0.15) is 16.5 Å². The third-order valence-electron chi connectivity index (χ3n) is 6.54. The predicted octanol–water partition coefficient (Wildman–Crippen LogP) is 8.90. The second-order valence-electron chi connectivity index (χ2n) is 10.1. The van der Waals surface area contributed by atoms with Gasteiger partial charge in [0.25, 0.3) is 0 Å². The van der Waals surface area contributed by atoms with Gasteiger partial charge in [-0.3, -0.25) is 0 Å². The third kappa shape index (κ3) is 36.8. The molecule has 0 aromatic heterocycles. The second kappa shape index (κ2) is 34.8. The van der Waals surface area contributed by atoms with Gasteiger partial charge in [-0.25, -0.2) is 0 Å². The fourth-order valence-corrected chi connectivity index (χ4v) is 5.36. The maximum Gasteiger partial charge on any atom is 2.00 e. The summed E-state index contributed by atoms with van der Waals surface area (Å²) in [6, 6.07) is 0. The summed E-state index contributed by atoms with van der Waals surface area (Å²) in [6.07, 6.45) is 25.0. The Balaban J connectivity index is -0.000000608. The summed E-state index contributed by atoms with van der Waals surface area (Å²) in [4.78, 5) is 21.4. The second-order valence-corrected chi connectivity index (χ2v) is 11.6. The molecule has 6 nitrogen and oxygen atoms in total. The van der Waals surface area contributed by atoms with Gasteiger partial charge < -0.3 is 28.0 Å². The first kappa shape index (κ1) is 42.3. The number of unbranched alkanes of at least 4 members (excludes halogenated alkanes) is 14. The molecule has 0 fully saturated rings. The van der Waals surface area contributed by atoms with E-state index >= 15 is 0 Å². The number of hydrogen-bond donors (Lipinski definition) is 0. The molecule has 4 unspecified atom stereocenters. The van der Waals surface area contributed by atoms with Crippen LogP contribution in [0.4, 0.5) is 0 Å². The Kier molecular flexibility index (Phi) is 39.8. The Morgan fingerprint density at radius 3 is 0.892 bits per heavy atom. The molecule has 0 aliphatic heterocycles. The van der Waals surface area contributed by atoms with Crippen molar-refractivity contribution in [3.63, 3.8) is 0 Å². The van der Waals surface area contributed by atoms with E-state index in [4.69, 9.17) is 9.05 Å². The maximum absolute atomic E-state index is 10.7. The van der Waals surface area contributed by atoms with Crippen LogP contribution in [0.25, 0.3) is 0 Å². The summed E-state index contributed by atoms with van der Waals surface area (Å²) in [5.74, 6) is 0. The molecule has 0 aromatic carbocycles. The normalized spacial score (nSPS) is 14.2. The Morgan fingerprint density at radius 2 is 0.676 bits per heavy atom. The maximum atomic E-state index is 10.7. The molecule has 0 rings (SSSR count). The molecule has 0 aromatic rings. The SMILES string of the molecule is CCCCCCCC(CCCCCC)O[PH](=O)[O-].CCCCCCCC(CCCCCC)O[PH](=O)[O-].[Ni+2]. The van der Waals surface area contributed by atoms with Crippen LogP contribution >= 0.6 is 16.5 Å². The van der Waals surface area contributed by atoms with Gasteiger partial charge >= 0.3 is 16.5 Å². The fraction of sp³-hybridized carbons (Fsp3) is 1.00. The summed E-state index contributed by atoms with van der Waals surface area (Å²) >= 11 is 0. The van der Waals surface area contributed by atoms with E-state index < -0.39 is 16.5 Å². The van der Waals surface area contributed by atoms with Crippen LogP contribution in [0, 0.1) is 0 Å². The van der Waals surface area contributed by atoms with Crippen LogP contribution < -0.4 is 9.79 Å². The van der Waals surface area contributed by atoms with Gasteiger partial charge in [0.05, 0.1) is 12.2 Å². The van der Waals surface area contributed by atoms with Crippen LogP contribution in [0.5, 0.6) is 0 Å². The Morgan fingerprint density at radius 1 is 0.459 bits per heavy atom. The van der Waals surface area contributed by atoms with Crippen molar-refractivity contribution >= 4 is 16.5 Å². The van der Waals surface area contributed by atoms with Crippen molar-refractivity contribution in [2.24, 2.45) is 0 Å². The zero-order valence-corrected chi connectivity index (χ0v) is 27.5. The molecule has 0 aliphatic carbocycles. The first-order chi connectivity index (χ1) is 17.4. The summed E-state index contributed by atoms with van der Waals surface area (Å²) in [5.41, 5.74) is 0. The Labute approximate surface area is 241 Å². The van der Waals surface area contributed by atoms with E-state index in [-0.39, 0.29) is 28.7 Å². The van der Waals surface area contributed by atoms with Gasteiger partial charge in [-0.2, -0.15) is 0 Å².